The average molecular weight is 728 g/mol. The van der Waals surface area contributed by atoms with Gasteiger partial charge in [0.2, 0.25) is 17.6 Å². The molecule has 3 fully saturated rings. The van der Waals surface area contributed by atoms with Crippen LogP contribution >= 0.6 is 11.6 Å². The van der Waals surface area contributed by atoms with Crippen molar-refractivity contribution in [3.63, 3.8) is 0 Å². The normalized spacial score (nSPS) is 23.3. The predicted octanol–water partition coefficient (Wildman–Crippen LogP) is 6.25. The third kappa shape index (κ3) is 9.13. The Hall–Kier alpha value is -3.47. The van der Waals surface area contributed by atoms with Crippen molar-refractivity contribution >= 4 is 46.5 Å². The first-order valence-corrected chi connectivity index (χ1v) is 18.9. The molecule has 2 heterocycles. The molecule has 1 aromatic carbocycles. The number of hydrogen-bond acceptors (Lipinski definition) is 9. The highest BCUT2D eigenvalue weighted by molar-refractivity contribution is 6.38. The second-order valence-electron chi connectivity index (χ2n) is 16.1. The van der Waals surface area contributed by atoms with Crippen LogP contribution in [0.15, 0.2) is 17.3 Å². The van der Waals surface area contributed by atoms with Gasteiger partial charge in [-0.1, -0.05) is 76.6 Å². The number of Topliss-reactive ketones (excluding diaryl/α,β-unsaturated/α-hetero) is 3. The fraction of sp³-hybridized carbons (Fsp3) is 0.692. The first-order valence-electron chi connectivity index (χ1n) is 18.5. The van der Waals surface area contributed by atoms with Gasteiger partial charge in [-0.2, -0.15) is 0 Å². The van der Waals surface area contributed by atoms with Gasteiger partial charge in [-0.3, -0.25) is 24.0 Å². The molecule has 1 N–H and O–H groups in total. The van der Waals surface area contributed by atoms with Crippen molar-refractivity contribution < 1.29 is 38.3 Å². The summed E-state index contributed by atoms with van der Waals surface area (Å²) in [4.78, 5) is 75.9. The van der Waals surface area contributed by atoms with Gasteiger partial charge < -0.3 is 24.5 Å². The van der Waals surface area contributed by atoms with Crippen molar-refractivity contribution in [3.05, 3.63) is 22.7 Å². The Morgan fingerprint density at radius 1 is 1.02 bits per heavy atom. The lowest BCUT2D eigenvalue weighted by Gasteiger charge is -2.36. The Balaban J connectivity index is 1.43. The Bertz CT molecular complexity index is 1540. The molecule has 4 atom stereocenters. The standard InChI is InChI=1S/C39H54ClN3O8/c1-7-30(44)35(47)25(15-24-13-14-24)17-31(45)29-21-39(20-28(42-51-39)26-18-27(40)33(50-6)19-32(26)49-5)22-43(29)37(48)36(38(2,3)4)41-34(46)16-23-11-9-8-10-12-23/h18-19,23-25,29,36H,7-17,20-22H2,1-6H3,(H,41,46)/t25-,29+,36-,39-/m1/s1. The molecule has 2 aliphatic carbocycles. The number of ether oxygens (including phenoxy) is 2. The number of ketones is 3. The van der Waals surface area contributed by atoms with E-state index in [4.69, 9.17) is 25.9 Å². The number of rotatable bonds is 15. The Morgan fingerprint density at radius 2 is 1.71 bits per heavy atom. The molecule has 1 spiro atoms. The van der Waals surface area contributed by atoms with Crippen molar-refractivity contribution in [2.24, 2.45) is 28.3 Å². The number of hydrogen-bond donors (Lipinski definition) is 1. The van der Waals surface area contributed by atoms with Crippen molar-refractivity contribution in [3.8, 4) is 11.5 Å². The molecular weight excluding hydrogens is 674 g/mol. The zero-order valence-corrected chi connectivity index (χ0v) is 31.7. The number of oxime groups is 1. The van der Waals surface area contributed by atoms with Crippen LogP contribution in [0.5, 0.6) is 11.5 Å². The SMILES string of the molecule is CCC(=O)C(=O)[C@@H](CC(=O)[C@@H]1C[C@]2(CC(c3cc(Cl)c(OC)cc3OC)=NO2)CN1C(=O)[C@@H](NC(=O)CC1CCCCC1)C(C)(C)C)CC1CC1. The van der Waals surface area contributed by atoms with Crippen LogP contribution in [0.1, 0.15) is 117 Å². The van der Waals surface area contributed by atoms with Gasteiger partial charge in [-0.25, -0.2) is 0 Å². The summed E-state index contributed by atoms with van der Waals surface area (Å²) < 4.78 is 11.0. The molecule has 2 amide bonds. The molecule has 280 valence electrons. The molecule has 2 aliphatic heterocycles. The number of methoxy groups -OCH3 is 2. The quantitative estimate of drug-likeness (QED) is 0.209. The largest absolute Gasteiger partial charge is 0.496 e. The number of nitrogens with zero attached hydrogens (tertiary/aromatic N) is 2. The molecular formula is C39H54ClN3O8. The number of nitrogens with one attached hydrogen (secondary N) is 1. The van der Waals surface area contributed by atoms with Gasteiger partial charge in [0.1, 0.15) is 17.5 Å². The Morgan fingerprint density at radius 3 is 2.31 bits per heavy atom. The molecule has 2 saturated carbocycles. The van der Waals surface area contributed by atoms with Crippen molar-refractivity contribution in [1.82, 2.24) is 10.2 Å². The summed E-state index contributed by atoms with van der Waals surface area (Å²) in [6.07, 6.45) is 8.48. The number of benzene rings is 1. The van der Waals surface area contributed by atoms with E-state index in [1.807, 2.05) is 20.8 Å². The molecule has 0 radical (unpaired) electrons. The number of halogens is 1. The fourth-order valence-corrected chi connectivity index (χ4v) is 8.16. The number of carbonyl (C=O) groups is 5. The molecule has 1 aromatic rings. The maximum atomic E-state index is 14.7. The van der Waals surface area contributed by atoms with Crippen molar-refractivity contribution in [1.29, 1.82) is 0 Å². The molecule has 51 heavy (non-hydrogen) atoms. The van der Waals surface area contributed by atoms with E-state index in [2.05, 4.69) is 10.5 Å². The van der Waals surface area contributed by atoms with Crippen LogP contribution in [0.25, 0.3) is 0 Å². The number of amides is 2. The zero-order valence-electron chi connectivity index (χ0n) is 31.0. The molecule has 0 bridgehead atoms. The summed E-state index contributed by atoms with van der Waals surface area (Å²) in [5.74, 6) is -1.08. The fourth-order valence-electron chi connectivity index (χ4n) is 7.92. The van der Waals surface area contributed by atoms with E-state index in [9.17, 15) is 24.0 Å². The van der Waals surface area contributed by atoms with Crippen LogP contribution in [-0.2, 0) is 28.8 Å². The molecule has 4 aliphatic rings. The lowest BCUT2D eigenvalue weighted by atomic mass is 9.83. The van der Waals surface area contributed by atoms with E-state index in [-0.39, 0.29) is 55.7 Å². The topological polar surface area (TPSA) is 141 Å². The monoisotopic (exact) mass is 727 g/mol. The minimum absolute atomic E-state index is 0.0433. The lowest BCUT2D eigenvalue weighted by Crippen LogP contribution is -2.57. The van der Waals surface area contributed by atoms with Gasteiger partial charge >= 0.3 is 0 Å². The van der Waals surface area contributed by atoms with E-state index in [0.29, 0.717) is 46.6 Å². The van der Waals surface area contributed by atoms with Crippen LogP contribution in [0, 0.1) is 23.2 Å². The second-order valence-corrected chi connectivity index (χ2v) is 16.5. The molecule has 0 aromatic heterocycles. The highest BCUT2D eigenvalue weighted by atomic mass is 35.5. The van der Waals surface area contributed by atoms with Crippen LogP contribution < -0.4 is 14.8 Å². The highest BCUT2D eigenvalue weighted by Crippen LogP contribution is 2.44. The van der Waals surface area contributed by atoms with Gasteiger partial charge in [0.15, 0.2) is 17.2 Å². The summed E-state index contributed by atoms with van der Waals surface area (Å²) in [5, 5.41) is 7.84. The van der Waals surface area contributed by atoms with Crippen molar-refractivity contribution in [2.75, 3.05) is 20.8 Å². The van der Waals surface area contributed by atoms with Gasteiger partial charge in [0.25, 0.3) is 0 Å². The molecule has 5 rings (SSSR count). The lowest BCUT2D eigenvalue weighted by molar-refractivity contribution is -0.145. The van der Waals surface area contributed by atoms with Crippen LogP contribution in [-0.4, -0.2) is 78.2 Å². The second kappa shape index (κ2) is 16.0. The van der Waals surface area contributed by atoms with Crippen LogP contribution in [0.4, 0.5) is 0 Å². The maximum Gasteiger partial charge on any atom is 0.246 e. The summed E-state index contributed by atoms with van der Waals surface area (Å²) in [6, 6.07) is 1.50. The van der Waals surface area contributed by atoms with E-state index in [1.165, 1.54) is 25.5 Å². The van der Waals surface area contributed by atoms with Gasteiger partial charge in [0, 0.05) is 49.7 Å². The van der Waals surface area contributed by atoms with E-state index < -0.39 is 40.6 Å². The van der Waals surface area contributed by atoms with Crippen molar-refractivity contribution in [2.45, 2.75) is 129 Å². The van der Waals surface area contributed by atoms with E-state index in [0.717, 1.165) is 38.5 Å². The van der Waals surface area contributed by atoms with Gasteiger partial charge in [0.05, 0.1) is 37.5 Å². The maximum absolute atomic E-state index is 14.7. The van der Waals surface area contributed by atoms with Crippen LogP contribution in [0.2, 0.25) is 5.02 Å². The van der Waals surface area contributed by atoms with Gasteiger partial charge in [-0.05, 0) is 42.6 Å². The van der Waals surface area contributed by atoms with E-state index in [1.54, 1.807) is 19.1 Å². The number of likely N-dealkylation sites (tertiary alicyclic amines) is 1. The highest BCUT2D eigenvalue weighted by Gasteiger charge is 2.55. The molecule has 11 nitrogen and oxygen atoms in total. The Kier molecular flexibility index (Phi) is 12.2. The third-order valence-corrected chi connectivity index (χ3v) is 11.3. The van der Waals surface area contributed by atoms with E-state index >= 15 is 0 Å². The zero-order chi connectivity index (χ0) is 37.1. The molecule has 0 unspecified atom stereocenters. The minimum atomic E-state index is -1.05. The molecule has 12 heteroatoms. The van der Waals surface area contributed by atoms with Gasteiger partial charge in [-0.15, -0.1) is 0 Å². The predicted molar refractivity (Wildman–Crippen MR) is 193 cm³/mol. The number of carbonyl (C=O) groups excluding carboxylic acids is 5. The molecule has 1 saturated heterocycles. The summed E-state index contributed by atoms with van der Waals surface area (Å²) in [7, 11) is 3.04. The first kappa shape index (κ1) is 38.8. The average Bonchev–Trinajstić information content (AvgIpc) is 3.71. The Labute approximate surface area is 306 Å². The summed E-state index contributed by atoms with van der Waals surface area (Å²) in [5.41, 5.74) is -0.581. The summed E-state index contributed by atoms with van der Waals surface area (Å²) >= 11 is 6.49. The third-order valence-electron chi connectivity index (χ3n) is 11.0. The minimum Gasteiger partial charge on any atom is -0.496 e. The summed E-state index contributed by atoms with van der Waals surface area (Å²) in [6.45, 7) is 7.38. The smallest absolute Gasteiger partial charge is 0.246 e. The van der Waals surface area contributed by atoms with Crippen LogP contribution in [0.3, 0.4) is 0 Å². The first-order chi connectivity index (χ1) is 24.2.